The number of primary amides is 1. The number of hydrogen-bond donors (Lipinski definition) is 1. The predicted molar refractivity (Wildman–Crippen MR) is 63.3 cm³/mol. The number of nitrogens with two attached hydrogens (primary N) is 1. The molecule has 1 rings (SSSR count). The number of halogens is 1. The zero-order valence-corrected chi connectivity index (χ0v) is 10.5. The van der Waals surface area contributed by atoms with Gasteiger partial charge in [0.05, 0.1) is 0 Å². The molecule has 0 bridgehead atoms. The van der Waals surface area contributed by atoms with Crippen molar-refractivity contribution in [1.82, 2.24) is 4.98 Å². The van der Waals surface area contributed by atoms with Crippen LogP contribution in [0.3, 0.4) is 0 Å². The molecule has 15 heavy (non-hydrogen) atoms. The van der Waals surface area contributed by atoms with E-state index in [1.54, 1.807) is 6.20 Å². The topological polar surface area (TPSA) is 56.0 Å². The highest BCUT2D eigenvalue weighted by Crippen LogP contribution is 2.27. The van der Waals surface area contributed by atoms with Crippen LogP contribution in [-0.2, 0) is 4.79 Å². The van der Waals surface area contributed by atoms with Gasteiger partial charge in [-0.1, -0.05) is 19.9 Å². The Morgan fingerprint density at radius 2 is 2.27 bits per heavy atom. The molecule has 1 aromatic heterocycles. The Hall–Kier alpha value is -0.900. The summed E-state index contributed by atoms with van der Waals surface area (Å²) in [5, 5.41) is 0. The molecule has 3 nitrogen and oxygen atoms in total. The molecule has 1 amide bonds. The van der Waals surface area contributed by atoms with Crippen LogP contribution in [0, 0.1) is 5.92 Å². The van der Waals surface area contributed by atoms with Gasteiger partial charge in [0, 0.05) is 12.1 Å². The second-order valence-electron chi connectivity index (χ2n) is 3.62. The molecule has 0 aliphatic heterocycles. The molecule has 2 unspecified atom stereocenters. The van der Waals surface area contributed by atoms with Gasteiger partial charge in [-0.05, 0) is 39.9 Å². The first-order valence-electron chi connectivity index (χ1n) is 4.97. The van der Waals surface area contributed by atoms with Gasteiger partial charge in [-0.15, -0.1) is 0 Å². The summed E-state index contributed by atoms with van der Waals surface area (Å²) in [6.07, 6.45) is 2.67. The Labute approximate surface area is 98.2 Å². The van der Waals surface area contributed by atoms with Gasteiger partial charge >= 0.3 is 0 Å². The van der Waals surface area contributed by atoms with Gasteiger partial charge in [0.1, 0.15) is 4.60 Å². The van der Waals surface area contributed by atoms with Crippen molar-refractivity contribution < 1.29 is 4.79 Å². The van der Waals surface area contributed by atoms with Crippen LogP contribution < -0.4 is 5.73 Å². The summed E-state index contributed by atoms with van der Waals surface area (Å²) in [5.74, 6) is -0.258. The van der Waals surface area contributed by atoms with Gasteiger partial charge in [-0.3, -0.25) is 4.79 Å². The molecule has 1 heterocycles. The van der Waals surface area contributed by atoms with E-state index in [1.807, 2.05) is 26.0 Å². The highest BCUT2D eigenvalue weighted by Gasteiger charge is 2.22. The third-order valence-corrected chi connectivity index (χ3v) is 3.14. The molecule has 0 radical (unpaired) electrons. The van der Waals surface area contributed by atoms with E-state index in [2.05, 4.69) is 20.9 Å². The fourth-order valence-corrected chi connectivity index (χ4v) is 1.92. The van der Waals surface area contributed by atoms with E-state index < -0.39 is 0 Å². The van der Waals surface area contributed by atoms with Gasteiger partial charge in [-0.2, -0.15) is 0 Å². The first kappa shape index (κ1) is 12.2. The SMILES string of the molecule is CCC(c1ccc(Br)nc1)C(C)C(N)=O. The highest BCUT2D eigenvalue weighted by atomic mass is 79.9. The van der Waals surface area contributed by atoms with E-state index in [9.17, 15) is 4.79 Å². The Bertz CT molecular complexity index is 337. The van der Waals surface area contributed by atoms with Crippen LogP contribution in [-0.4, -0.2) is 10.9 Å². The summed E-state index contributed by atoms with van der Waals surface area (Å²) in [5.41, 5.74) is 6.37. The van der Waals surface area contributed by atoms with Gasteiger partial charge in [0.2, 0.25) is 5.91 Å². The predicted octanol–water partition coefficient (Wildman–Crippen LogP) is 2.46. The van der Waals surface area contributed by atoms with Crippen LogP contribution in [0.5, 0.6) is 0 Å². The maximum absolute atomic E-state index is 11.1. The molecule has 0 aromatic carbocycles. The molecule has 0 fully saturated rings. The van der Waals surface area contributed by atoms with Crippen molar-refractivity contribution in [3.63, 3.8) is 0 Å². The van der Waals surface area contributed by atoms with Crippen LogP contribution in [0.4, 0.5) is 0 Å². The average Bonchev–Trinajstić information content (AvgIpc) is 2.21. The summed E-state index contributed by atoms with van der Waals surface area (Å²) in [6, 6.07) is 3.86. The van der Waals surface area contributed by atoms with Crippen molar-refractivity contribution in [3.05, 3.63) is 28.5 Å². The second kappa shape index (κ2) is 5.26. The quantitative estimate of drug-likeness (QED) is 0.855. The van der Waals surface area contributed by atoms with Crippen LogP contribution in [0.2, 0.25) is 0 Å². The maximum atomic E-state index is 11.1. The first-order valence-corrected chi connectivity index (χ1v) is 5.76. The molecule has 4 heteroatoms. The molecule has 1 aromatic rings. The van der Waals surface area contributed by atoms with Crippen molar-refractivity contribution in [2.45, 2.75) is 26.2 Å². The third kappa shape index (κ3) is 3.02. The summed E-state index contributed by atoms with van der Waals surface area (Å²) in [4.78, 5) is 15.3. The van der Waals surface area contributed by atoms with Gasteiger partial charge in [0.15, 0.2) is 0 Å². The van der Waals surface area contributed by atoms with E-state index in [0.29, 0.717) is 0 Å². The zero-order chi connectivity index (χ0) is 11.4. The van der Waals surface area contributed by atoms with E-state index in [4.69, 9.17) is 5.73 Å². The minimum absolute atomic E-state index is 0.155. The molecule has 0 spiro atoms. The van der Waals surface area contributed by atoms with E-state index in [1.165, 1.54) is 0 Å². The monoisotopic (exact) mass is 270 g/mol. The molecule has 0 aliphatic rings. The summed E-state index contributed by atoms with van der Waals surface area (Å²) in [6.45, 7) is 3.91. The number of rotatable bonds is 4. The van der Waals surface area contributed by atoms with Crippen LogP contribution >= 0.6 is 15.9 Å². The lowest BCUT2D eigenvalue weighted by Crippen LogP contribution is -2.26. The molecule has 0 aliphatic carbocycles. The van der Waals surface area contributed by atoms with Gasteiger partial charge in [0.25, 0.3) is 0 Å². The van der Waals surface area contributed by atoms with Crippen LogP contribution in [0.1, 0.15) is 31.7 Å². The third-order valence-electron chi connectivity index (χ3n) is 2.67. The van der Waals surface area contributed by atoms with Gasteiger partial charge in [-0.25, -0.2) is 4.98 Å². The molecule has 2 atom stereocenters. The standard InChI is InChI=1S/C11H15BrN2O/c1-3-9(7(2)11(13)15)8-4-5-10(12)14-6-8/h4-7,9H,3H2,1-2H3,(H2,13,15). The molecule has 0 saturated carbocycles. The smallest absolute Gasteiger partial charge is 0.220 e. The van der Waals surface area contributed by atoms with Crippen LogP contribution in [0.15, 0.2) is 22.9 Å². The second-order valence-corrected chi connectivity index (χ2v) is 4.43. The zero-order valence-electron chi connectivity index (χ0n) is 8.90. The van der Waals surface area contributed by atoms with Crippen molar-refractivity contribution in [1.29, 1.82) is 0 Å². The van der Waals surface area contributed by atoms with Crippen molar-refractivity contribution in [2.75, 3.05) is 0 Å². The average molecular weight is 271 g/mol. The lowest BCUT2D eigenvalue weighted by atomic mass is 9.86. The fourth-order valence-electron chi connectivity index (χ4n) is 1.68. The number of nitrogens with zero attached hydrogens (tertiary/aromatic N) is 1. The van der Waals surface area contributed by atoms with Gasteiger partial charge < -0.3 is 5.73 Å². The van der Waals surface area contributed by atoms with Crippen molar-refractivity contribution in [2.24, 2.45) is 11.7 Å². The lowest BCUT2D eigenvalue weighted by Gasteiger charge is -2.19. The minimum atomic E-state index is -0.259. The Kier molecular flexibility index (Phi) is 4.27. The Balaban J connectivity index is 2.92. The van der Waals surface area contributed by atoms with E-state index in [-0.39, 0.29) is 17.7 Å². The number of pyridine rings is 1. The number of aromatic nitrogens is 1. The van der Waals surface area contributed by atoms with Crippen LogP contribution in [0.25, 0.3) is 0 Å². The normalized spacial score (nSPS) is 14.6. The molecular formula is C11H15BrN2O. The molecule has 0 saturated heterocycles. The van der Waals surface area contributed by atoms with E-state index in [0.717, 1.165) is 16.6 Å². The first-order chi connectivity index (χ1) is 7.06. The summed E-state index contributed by atoms with van der Waals surface area (Å²) >= 11 is 3.28. The number of hydrogen-bond acceptors (Lipinski definition) is 2. The molecule has 82 valence electrons. The number of amides is 1. The van der Waals surface area contributed by atoms with Crippen molar-refractivity contribution in [3.8, 4) is 0 Å². The fraction of sp³-hybridized carbons (Fsp3) is 0.455. The Morgan fingerprint density at radius 1 is 1.60 bits per heavy atom. The number of carbonyl (C=O) groups is 1. The lowest BCUT2D eigenvalue weighted by molar-refractivity contribution is -0.122. The number of carbonyl (C=O) groups excluding carboxylic acids is 1. The summed E-state index contributed by atoms with van der Waals surface area (Å²) in [7, 11) is 0. The Morgan fingerprint density at radius 3 is 2.67 bits per heavy atom. The van der Waals surface area contributed by atoms with E-state index >= 15 is 0 Å². The summed E-state index contributed by atoms with van der Waals surface area (Å²) < 4.78 is 0.799. The highest BCUT2D eigenvalue weighted by molar-refractivity contribution is 9.10. The molecular weight excluding hydrogens is 256 g/mol. The van der Waals surface area contributed by atoms with Crippen molar-refractivity contribution >= 4 is 21.8 Å². The largest absolute Gasteiger partial charge is 0.369 e. The molecule has 2 N–H and O–H groups in total. The maximum Gasteiger partial charge on any atom is 0.220 e. The minimum Gasteiger partial charge on any atom is -0.369 e.